The van der Waals surface area contributed by atoms with E-state index in [9.17, 15) is 26.4 Å². The first kappa shape index (κ1) is 27.0. The Balaban J connectivity index is 1.51. The molecule has 1 aliphatic rings. The van der Waals surface area contributed by atoms with Crippen molar-refractivity contribution in [2.75, 3.05) is 13.2 Å². The molecular weight excluding hydrogens is 529 g/mol. The van der Waals surface area contributed by atoms with Crippen LogP contribution in [0.25, 0.3) is 11.3 Å². The summed E-state index contributed by atoms with van der Waals surface area (Å²) in [7, 11) is -3.80. The Hall–Kier alpha value is -3.03. The predicted molar refractivity (Wildman–Crippen MR) is 131 cm³/mol. The topological polar surface area (TPSA) is 101 Å². The molecule has 13 heteroatoms. The largest absolute Gasteiger partial charge is 0.464 e. The van der Waals surface area contributed by atoms with Crippen molar-refractivity contribution < 1.29 is 31.1 Å². The number of rotatable bonds is 8. The van der Waals surface area contributed by atoms with Crippen molar-refractivity contribution in [1.29, 1.82) is 0 Å². The van der Waals surface area contributed by atoms with Crippen LogP contribution < -0.4 is 10.1 Å². The van der Waals surface area contributed by atoms with E-state index in [1.54, 1.807) is 25.1 Å². The molecule has 2 aromatic heterocycles. The van der Waals surface area contributed by atoms with E-state index in [4.69, 9.17) is 4.74 Å². The van der Waals surface area contributed by atoms with Crippen LogP contribution in [0.1, 0.15) is 35.9 Å². The lowest BCUT2D eigenvalue weighted by Crippen LogP contribution is -2.45. The zero-order chi connectivity index (χ0) is 26.8. The van der Waals surface area contributed by atoms with Crippen molar-refractivity contribution in [2.24, 2.45) is 0 Å². The van der Waals surface area contributed by atoms with Crippen LogP contribution in [0, 0.1) is 6.92 Å². The molecule has 198 valence electrons. The lowest BCUT2D eigenvalue weighted by molar-refractivity contribution is -0.137. The molecule has 0 spiro atoms. The number of ether oxygens (including phenoxy) is 1. The highest BCUT2D eigenvalue weighted by Crippen LogP contribution is 2.32. The molecule has 0 unspecified atom stereocenters. The quantitative estimate of drug-likeness (QED) is 0.443. The summed E-state index contributed by atoms with van der Waals surface area (Å²) in [5.41, 5.74) is 0.331. The fourth-order valence-electron chi connectivity index (χ4n) is 3.99. The maximum absolute atomic E-state index is 13.1. The number of nitrogens with one attached hydrogen (secondary N) is 1. The van der Waals surface area contributed by atoms with Crippen LogP contribution in [0.5, 0.6) is 6.01 Å². The van der Waals surface area contributed by atoms with E-state index >= 15 is 0 Å². The number of nitrogens with zero attached hydrogens (tertiary/aromatic N) is 3. The number of aryl methyl sites for hydroxylation is 1. The van der Waals surface area contributed by atoms with Gasteiger partial charge in [-0.1, -0.05) is 12.1 Å². The fraction of sp³-hybridized carbons (Fsp3) is 0.375. The Morgan fingerprint density at radius 2 is 1.92 bits per heavy atom. The molecule has 1 aromatic carbocycles. The van der Waals surface area contributed by atoms with Crippen LogP contribution in [0.4, 0.5) is 13.2 Å². The molecule has 1 atom stereocenters. The third-order valence-electron chi connectivity index (χ3n) is 5.77. The van der Waals surface area contributed by atoms with Crippen molar-refractivity contribution in [1.82, 2.24) is 19.6 Å². The maximum atomic E-state index is 13.1. The van der Waals surface area contributed by atoms with E-state index < -0.39 is 33.7 Å². The third kappa shape index (κ3) is 6.11. The molecular formula is C24H25F3N4O4S2. The number of hydrogen-bond acceptors (Lipinski definition) is 7. The highest BCUT2D eigenvalue weighted by molar-refractivity contribution is 7.91. The van der Waals surface area contributed by atoms with Crippen LogP contribution in [0.2, 0.25) is 0 Å². The first-order chi connectivity index (χ1) is 17.5. The van der Waals surface area contributed by atoms with Gasteiger partial charge >= 0.3 is 12.2 Å². The van der Waals surface area contributed by atoms with Gasteiger partial charge < -0.3 is 10.1 Å². The summed E-state index contributed by atoms with van der Waals surface area (Å²) in [5, 5.41) is 2.74. The second-order valence-corrected chi connectivity index (χ2v) is 11.8. The molecule has 0 bridgehead atoms. The SMILES string of the molecule is CCOc1nc(CNC(=O)[C@@H]2CCCN2S(=O)(=O)c2ccc(C)s2)cc(-c2ccc(C(F)(F)F)cc2)n1. The Morgan fingerprint density at radius 3 is 2.54 bits per heavy atom. The van der Waals surface area contributed by atoms with E-state index in [-0.39, 0.29) is 29.9 Å². The van der Waals surface area contributed by atoms with Crippen LogP contribution in [-0.2, 0) is 27.5 Å². The van der Waals surface area contributed by atoms with Crippen LogP contribution in [-0.4, -0.2) is 47.8 Å². The van der Waals surface area contributed by atoms with Crippen molar-refractivity contribution in [2.45, 2.75) is 49.7 Å². The standard InChI is InChI=1S/C24H25F3N4O4S2/c1-3-35-23-29-18(13-19(30-23)16-7-9-17(10-8-16)24(25,26)27)14-28-22(32)20-5-4-12-31(20)37(33,34)21-11-6-15(2)36-21/h6-11,13,20H,3-5,12,14H2,1-2H3,(H,28,32)/t20-/m0/s1. The van der Waals surface area contributed by atoms with Crippen LogP contribution in [0.3, 0.4) is 0 Å². The number of amides is 1. The summed E-state index contributed by atoms with van der Waals surface area (Å²) in [6.45, 7) is 4.02. The first-order valence-corrected chi connectivity index (χ1v) is 13.8. The Labute approximate surface area is 216 Å². The van der Waals surface area contributed by atoms with Gasteiger partial charge in [0, 0.05) is 17.0 Å². The fourth-order valence-corrected chi connectivity index (χ4v) is 7.06. The molecule has 1 amide bonds. The molecule has 1 fully saturated rings. The zero-order valence-corrected chi connectivity index (χ0v) is 21.7. The second kappa shape index (κ2) is 10.8. The van der Waals surface area contributed by atoms with Gasteiger partial charge in [0.2, 0.25) is 5.91 Å². The number of alkyl halides is 3. The molecule has 0 radical (unpaired) electrons. The average molecular weight is 555 g/mol. The number of hydrogen-bond donors (Lipinski definition) is 1. The molecule has 1 N–H and O–H groups in total. The summed E-state index contributed by atoms with van der Waals surface area (Å²) in [6.07, 6.45) is -3.51. The molecule has 8 nitrogen and oxygen atoms in total. The lowest BCUT2D eigenvalue weighted by Gasteiger charge is -2.22. The van der Waals surface area contributed by atoms with Crippen molar-refractivity contribution in [3.63, 3.8) is 0 Å². The third-order valence-corrected chi connectivity index (χ3v) is 9.15. The minimum atomic E-state index is -4.46. The van der Waals surface area contributed by atoms with Crippen molar-refractivity contribution in [3.05, 3.63) is 58.6 Å². The van der Waals surface area contributed by atoms with Gasteiger partial charge in [-0.05, 0) is 57.0 Å². The number of benzene rings is 1. The van der Waals surface area contributed by atoms with E-state index in [1.807, 2.05) is 6.92 Å². The molecule has 1 saturated heterocycles. The normalized spacial score (nSPS) is 16.6. The average Bonchev–Trinajstić information content (AvgIpc) is 3.52. The lowest BCUT2D eigenvalue weighted by atomic mass is 10.1. The number of halogens is 3. The van der Waals surface area contributed by atoms with E-state index in [2.05, 4.69) is 15.3 Å². The Bertz CT molecular complexity index is 1380. The smallest absolute Gasteiger partial charge is 0.416 e. The van der Waals surface area contributed by atoms with Gasteiger partial charge in [0.1, 0.15) is 10.3 Å². The molecule has 4 rings (SSSR count). The van der Waals surface area contributed by atoms with E-state index in [0.717, 1.165) is 28.3 Å². The predicted octanol–water partition coefficient (Wildman–Crippen LogP) is 4.40. The molecule has 0 saturated carbocycles. The summed E-state index contributed by atoms with van der Waals surface area (Å²) < 4.78 is 71.8. The summed E-state index contributed by atoms with van der Waals surface area (Å²) in [4.78, 5) is 22.4. The van der Waals surface area contributed by atoms with Crippen molar-refractivity contribution >= 4 is 27.3 Å². The summed E-state index contributed by atoms with van der Waals surface area (Å²) >= 11 is 1.16. The first-order valence-electron chi connectivity index (χ1n) is 11.5. The van der Waals surface area contributed by atoms with Crippen LogP contribution >= 0.6 is 11.3 Å². The zero-order valence-electron chi connectivity index (χ0n) is 20.1. The number of aromatic nitrogens is 2. The molecule has 37 heavy (non-hydrogen) atoms. The molecule has 1 aliphatic heterocycles. The number of carbonyl (C=O) groups is 1. The highest BCUT2D eigenvalue weighted by atomic mass is 32.2. The van der Waals surface area contributed by atoms with Gasteiger partial charge in [-0.2, -0.15) is 27.4 Å². The Morgan fingerprint density at radius 1 is 1.19 bits per heavy atom. The summed E-state index contributed by atoms with van der Waals surface area (Å²) in [6, 6.07) is 8.50. The van der Waals surface area contributed by atoms with E-state index in [1.165, 1.54) is 16.4 Å². The molecule has 3 heterocycles. The van der Waals surface area contributed by atoms with Gasteiger partial charge in [-0.3, -0.25) is 4.79 Å². The molecule has 3 aromatic rings. The van der Waals surface area contributed by atoms with Gasteiger partial charge in [-0.25, -0.2) is 8.42 Å². The monoisotopic (exact) mass is 554 g/mol. The second-order valence-electron chi connectivity index (χ2n) is 8.39. The van der Waals surface area contributed by atoms with Crippen molar-refractivity contribution in [3.8, 4) is 17.3 Å². The van der Waals surface area contributed by atoms with E-state index in [0.29, 0.717) is 29.8 Å². The molecule has 0 aliphatic carbocycles. The maximum Gasteiger partial charge on any atom is 0.416 e. The van der Waals surface area contributed by atoms with Gasteiger partial charge in [0.05, 0.1) is 30.1 Å². The van der Waals surface area contributed by atoms with Gasteiger partial charge in [-0.15, -0.1) is 11.3 Å². The Kier molecular flexibility index (Phi) is 7.85. The number of thiophene rings is 1. The minimum absolute atomic E-state index is 0.0160. The van der Waals surface area contributed by atoms with Crippen LogP contribution in [0.15, 0.2) is 46.7 Å². The van der Waals surface area contributed by atoms with Gasteiger partial charge in [0.15, 0.2) is 0 Å². The summed E-state index contributed by atoms with van der Waals surface area (Å²) in [5.74, 6) is -0.456. The number of sulfonamides is 1. The highest BCUT2D eigenvalue weighted by Gasteiger charge is 2.40. The minimum Gasteiger partial charge on any atom is -0.464 e. The number of carbonyl (C=O) groups excluding carboxylic acids is 1. The van der Waals surface area contributed by atoms with Gasteiger partial charge in [0.25, 0.3) is 10.0 Å².